The molecule has 0 radical (unpaired) electrons. The first-order valence-electron chi connectivity index (χ1n) is 16.6. The minimum Gasteiger partial charge on any atom is -0.507 e. The second-order valence-electron chi connectivity index (χ2n) is 12.3. The van der Waals surface area contributed by atoms with Crippen molar-refractivity contribution in [3.05, 3.63) is 158 Å². The molecule has 6 heteroatoms. The summed E-state index contributed by atoms with van der Waals surface area (Å²) in [5.74, 6) is 0.482. The predicted octanol–water partition coefficient (Wildman–Crippen LogP) is 8.05. The molecular formula is C42H38O4P2. The molecule has 0 saturated heterocycles. The maximum Gasteiger partial charge on any atom is 0.171 e. The van der Waals surface area contributed by atoms with Crippen LogP contribution in [0.2, 0.25) is 0 Å². The zero-order chi connectivity index (χ0) is 33.0. The van der Waals surface area contributed by atoms with Gasteiger partial charge in [0.1, 0.15) is 11.5 Å². The van der Waals surface area contributed by atoms with Crippen LogP contribution < -0.4 is 36.6 Å². The second kappa shape index (κ2) is 13.9. The van der Waals surface area contributed by atoms with E-state index in [-0.39, 0.29) is 11.9 Å². The molecule has 0 atom stereocenters. The van der Waals surface area contributed by atoms with Crippen LogP contribution in [0.15, 0.2) is 158 Å². The number of hydrogen-bond donors (Lipinski definition) is 1. The first-order valence-corrected chi connectivity index (χ1v) is 20.0. The molecule has 7 rings (SSSR count). The van der Waals surface area contributed by atoms with E-state index >= 15 is 9.13 Å². The number of hydrogen-bond acceptors (Lipinski definition) is 4. The molecule has 0 amide bonds. The molecule has 0 spiro atoms. The van der Waals surface area contributed by atoms with E-state index in [1.807, 2.05) is 146 Å². The fourth-order valence-corrected chi connectivity index (χ4v) is 12.7. The van der Waals surface area contributed by atoms with Crippen molar-refractivity contribution >= 4 is 46.1 Å². The molecule has 48 heavy (non-hydrogen) atoms. The lowest BCUT2D eigenvalue weighted by Gasteiger charge is -2.30. The molecule has 4 nitrogen and oxygen atoms in total. The quantitative estimate of drug-likeness (QED) is 0.159. The van der Waals surface area contributed by atoms with Crippen molar-refractivity contribution in [3.8, 4) is 22.6 Å². The molecule has 0 aliphatic heterocycles. The van der Waals surface area contributed by atoms with Gasteiger partial charge in [0, 0.05) is 43.0 Å². The van der Waals surface area contributed by atoms with Crippen LogP contribution in [0.5, 0.6) is 11.5 Å². The first-order chi connectivity index (χ1) is 23.5. The van der Waals surface area contributed by atoms with Gasteiger partial charge in [0.25, 0.3) is 0 Å². The van der Waals surface area contributed by atoms with Crippen LogP contribution in [0.1, 0.15) is 32.1 Å². The Morgan fingerprint density at radius 3 is 1.29 bits per heavy atom. The SMILES string of the molecule is O=P(c1ccccc1)(c1ccccc1)c1cccc(O)c1-c1c(OC2CCCCC2)cccc1P(=O)(c1ccccc1)c1ccccc1. The first kappa shape index (κ1) is 32.0. The molecule has 6 aromatic rings. The third kappa shape index (κ3) is 5.85. The van der Waals surface area contributed by atoms with Crippen LogP contribution in [-0.4, -0.2) is 11.2 Å². The monoisotopic (exact) mass is 668 g/mol. The third-order valence-electron chi connectivity index (χ3n) is 9.28. The van der Waals surface area contributed by atoms with Gasteiger partial charge in [0.15, 0.2) is 14.3 Å². The summed E-state index contributed by atoms with van der Waals surface area (Å²) in [5.41, 5.74) is 0.890. The standard InChI is InChI=1S/C42H38O4P2/c43-37-28-16-30-39(47(44,33-20-8-2-9-21-33)34-22-10-3-11-23-34)41(37)42-38(46-32-18-6-1-7-19-32)29-17-31-40(42)48(45,35-24-12-4-13-25-35)36-26-14-5-15-27-36/h2-5,8-17,20-32,43H,1,6-7,18-19H2. The predicted molar refractivity (Wildman–Crippen MR) is 200 cm³/mol. The topological polar surface area (TPSA) is 63.6 Å². The average molecular weight is 669 g/mol. The lowest BCUT2D eigenvalue weighted by Crippen LogP contribution is -2.30. The van der Waals surface area contributed by atoms with E-state index in [1.54, 1.807) is 12.1 Å². The summed E-state index contributed by atoms with van der Waals surface area (Å²) in [6.07, 6.45) is 5.13. The molecule has 1 aliphatic carbocycles. The van der Waals surface area contributed by atoms with Gasteiger partial charge < -0.3 is 19.0 Å². The lowest BCUT2D eigenvalue weighted by atomic mass is 9.97. The van der Waals surface area contributed by atoms with Crippen LogP contribution >= 0.6 is 14.3 Å². The highest BCUT2D eigenvalue weighted by Crippen LogP contribution is 2.52. The summed E-state index contributed by atoms with van der Waals surface area (Å²) in [7, 11) is -7.17. The van der Waals surface area contributed by atoms with Crippen molar-refractivity contribution in [2.75, 3.05) is 0 Å². The molecular weight excluding hydrogens is 630 g/mol. The molecule has 1 aliphatic rings. The highest BCUT2D eigenvalue weighted by molar-refractivity contribution is 7.86. The van der Waals surface area contributed by atoms with Gasteiger partial charge in [-0.15, -0.1) is 0 Å². The summed E-state index contributed by atoms with van der Waals surface area (Å²) in [4.78, 5) is 0. The Morgan fingerprint density at radius 2 is 0.854 bits per heavy atom. The molecule has 1 fully saturated rings. The van der Waals surface area contributed by atoms with Crippen molar-refractivity contribution in [1.29, 1.82) is 0 Å². The highest BCUT2D eigenvalue weighted by Gasteiger charge is 2.39. The number of benzene rings is 6. The lowest BCUT2D eigenvalue weighted by molar-refractivity contribution is 0.156. The zero-order valence-electron chi connectivity index (χ0n) is 26.7. The van der Waals surface area contributed by atoms with Crippen LogP contribution in [0.3, 0.4) is 0 Å². The Hall–Kier alpha value is -4.62. The van der Waals surface area contributed by atoms with E-state index in [2.05, 4.69) is 0 Å². The number of phenolic OH excluding ortho intramolecular Hbond substituents is 1. The van der Waals surface area contributed by atoms with Gasteiger partial charge in [-0.3, -0.25) is 0 Å². The molecule has 240 valence electrons. The molecule has 1 saturated carbocycles. The van der Waals surface area contributed by atoms with Gasteiger partial charge in [-0.2, -0.15) is 0 Å². The van der Waals surface area contributed by atoms with E-state index in [1.165, 1.54) is 6.42 Å². The minimum atomic E-state index is -3.59. The molecule has 6 aromatic carbocycles. The van der Waals surface area contributed by atoms with E-state index in [0.717, 1.165) is 25.7 Å². The molecule has 1 N–H and O–H groups in total. The average Bonchev–Trinajstić information content (AvgIpc) is 3.16. The summed E-state index contributed by atoms with van der Waals surface area (Å²) in [6, 6.07) is 48.8. The smallest absolute Gasteiger partial charge is 0.171 e. The third-order valence-corrected chi connectivity index (χ3v) is 15.5. The Balaban J connectivity index is 1.59. The fourth-order valence-electron chi connectivity index (χ4n) is 6.95. The second-order valence-corrected chi connectivity index (χ2v) is 17.7. The van der Waals surface area contributed by atoms with E-state index in [9.17, 15) is 5.11 Å². The van der Waals surface area contributed by atoms with E-state index in [4.69, 9.17) is 4.74 Å². The Bertz CT molecular complexity index is 2010. The molecule has 0 unspecified atom stereocenters. The van der Waals surface area contributed by atoms with Crippen molar-refractivity contribution in [3.63, 3.8) is 0 Å². The van der Waals surface area contributed by atoms with Crippen molar-refractivity contribution in [2.24, 2.45) is 0 Å². The molecule has 0 aromatic heterocycles. The van der Waals surface area contributed by atoms with Gasteiger partial charge in [-0.05, 0) is 49.9 Å². The van der Waals surface area contributed by atoms with Crippen LogP contribution in [0.25, 0.3) is 11.1 Å². The van der Waals surface area contributed by atoms with Gasteiger partial charge in [0.2, 0.25) is 0 Å². The van der Waals surface area contributed by atoms with Gasteiger partial charge in [0.05, 0.1) is 6.10 Å². The number of aromatic hydroxyl groups is 1. The largest absolute Gasteiger partial charge is 0.507 e. The maximum absolute atomic E-state index is 16.1. The van der Waals surface area contributed by atoms with Crippen LogP contribution in [-0.2, 0) is 9.13 Å². The normalized spacial score (nSPS) is 14.0. The highest BCUT2D eigenvalue weighted by atomic mass is 31.2. The summed E-state index contributed by atoms with van der Waals surface area (Å²) < 4.78 is 38.9. The number of rotatable bonds is 9. The summed E-state index contributed by atoms with van der Waals surface area (Å²) in [6.45, 7) is 0. The Morgan fingerprint density at radius 1 is 0.458 bits per heavy atom. The number of phenols is 1. The maximum atomic E-state index is 16.1. The summed E-state index contributed by atoms with van der Waals surface area (Å²) >= 11 is 0. The summed E-state index contributed by atoms with van der Waals surface area (Å²) in [5, 5.41) is 15.6. The van der Waals surface area contributed by atoms with Gasteiger partial charge in [-0.1, -0.05) is 140 Å². The van der Waals surface area contributed by atoms with Crippen molar-refractivity contribution < 1.29 is 19.0 Å². The van der Waals surface area contributed by atoms with Gasteiger partial charge >= 0.3 is 0 Å². The van der Waals surface area contributed by atoms with Crippen LogP contribution in [0, 0.1) is 0 Å². The zero-order valence-corrected chi connectivity index (χ0v) is 28.5. The minimum absolute atomic E-state index is 0.0232. The van der Waals surface area contributed by atoms with Gasteiger partial charge in [-0.25, -0.2) is 0 Å². The molecule has 0 heterocycles. The van der Waals surface area contributed by atoms with Crippen LogP contribution in [0.4, 0.5) is 0 Å². The van der Waals surface area contributed by atoms with Crippen molar-refractivity contribution in [2.45, 2.75) is 38.2 Å². The molecule has 0 bridgehead atoms. The Kier molecular flexibility index (Phi) is 9.22. The fraction of sp³-hybridized carbons (Fsp3) is 0.143. The number of ether oxygens (including phenoxy) is 1. The Labute approximate surface area is 282 Å². The van der Waals surface area contributed by atoms with Crippen molar-refractivity contribution in [1.82, 2.24) is 0 Å². The van der Waals surface area contributed by atoms with E-state index < -0.39 is 14.3 Å². The van der Waals surface area contributed by atoms with E-state index in [0.29, 0.717) is 48.7 Å².